The number of nitrogen functional groups attached to an aromatic ring is 1. The Hall–Kier alpha value is -1.13. The van der Waals surface area contributed by atoms with E-state index in [1.165, 1.54) is 23.1 Å². The number of aromatic nitrogens is 1. The molecule has 4 heteroatoms. The molecule has 1 aliphatic rings. The van der Waals surface area contributed by atoms with Crippen LogP contribution in [0.2, 0.25) is 0 Å². The maximum Gasteiger partial charge on any atom is 0.181 e. The second-order valence-corrected chi connectivity index (χ2v) is 5.37. The highest BCUT2D eigenvalue weighted by Gasteiger charge is 2.15. The Morgan fingerprint density at radius 3 is 2.94 bits per heavy atom. The number of rotatable bonds is 1. The van der Waals surface area contributed by atoms with Crippen LogP contribution in [0.15, 0.2) is 18.2 Å². The minimum Gasteiger partial charge on any atom is -0.375 e. The summed E-state index contributed by atoms with van der Waals surface area (Å²) in [6.45, 7) is 2.26. The highest BCUT2D eigenvalue weighted by molar-refractivity contribution is 7.22. The lowest BCUT2D eigenvalue weighted by Gasteiger charge is -2.22. The van der Waals surface area contributed by atoms with Crippen LogP contribution in [0.4, 0.5) is 5.13 Å². The molecule has 0 amide bonds. The molecule has 0 saturated carbocycles. The van der Waals surface area contributed by atoms with Gasteiger partial charge < -0.3 is 11.1 Å². The molecule has 2 aromatic rings. The Morgan fingerprint density at radius 2 is 2.12 bits per heavy atom. The molecule has 0 spiro atoms. The SMILES string of the molecule is Nc1nc2ccc(C3CCNCC3)cc2s1. The van der Waals surface area contributed by atoms with Gasteiger partial charge in [0, 0.05) is 0 Å². The maximum absolute atomic E-state index is 5.72. The van der Waals surface area contributed by atoms with E-state index in [0.29, 0.717) is 11.0 Å². The van der Waals surface area contributed by atoms with Gasteiger partial charge >= 0.3 is 0 Å². The van der Waals surface area contributed by atoms with E-state index in [1.54, 1.807) is 11.3 Å². The summed E-state index contributed by atoms with van der Waals surface area (Å²) in [4.78, 5) is 4.28. The fourth-order valence-electron chi connectivity index (χ4n) is 2.37. The molecular weight excluding hydrogens is 218 g/mol. The van der Waals surface area contributed by atoms with Crippen LogP contribution < -0.4 is 11.1 Å². The average molecular weight is 233 g/mol. The lowest BCUT2D eigenvalue weighted by molar-refractivity contribution is 0.461. The molecule has 3 N–H and O–H groups in total. The zero-order valence-corrected chi connectivity index (χ0v) is 9.89. The van der Waals surface area contributed by atoms with E-state index in [0.717, 1.165) is 18.6 Å². The maximum atomic E-state index is 5.72. The summed E-state index contributed by atoms with van der Waals surface area (Å²) in [7, 11) is 0. The molecule has 2 heterocycles. The van der Waals surface area contributed by atoms with Crippen molar-refractivity contribution < 1.29 is 0 Å². The number of anilines is 1. The van der Waals surface area contributed by atoms with Gasteiger partial charge in [-0.3, -0.25) is 0 Å². The largest absolute Gasteiger partial charge is 0.375 e. The van der Waals surface area contributed by atoms with Gasteiger partial charge in [-0.15, -0.1) is 0 Å². The predicted octanol–water partition coefficient (Wildman–Crippen LogP) is 2.35. The summed E-state index contributed by atoms with van der Waals surface area (Å²) >= 11 is 1.58. The lowest BCUT2D eigenvalue weighted by atomic mass is 9.90. The smallest absolute Gasteiger partial charge is 0.181 e. The molecule has 1 aromatic heterocycles. The molecule has 84 valence electrons. The highest BCUT2D eigenvalue weighted by atomic mass is 32.1. The van der Waals surface area contributed by atoms with Crippen molar-refractivity contribution in [2.45, 2.75) is 18.8 Å². The normalized spacial score (nSPS) is 18.0. The minimum atomic E-state index is 0.664. The molecule has 0 unspecified atom stereocenters. The monoisotopic (exact) mass is 233 g/mol. The number of thiazole rings is 1. The molecule has 1 aromatic carbocycles. The van der Waals surface area contributed by atoms with Gasteiger partial charge in [-0.2, -0.15) is 0 Å². The Balaban J connectivity index is 1.97. The standard InChI is InChI=1S/C12H15N3S/c13-12-15-10-2-1-9(7-11(10)16-12)8-3-5-14-6-4-8/h1-2,7-8,14H,3-6H2,(H2,13,15). The average Bonchev–Trinajstić information content (AvgIpc) is 2.69. The van der Waals surface area contributed by atoms with Crippen LogP contribution in [0, 0.1) is 0 Å². The molecular formula is C12H15N3S. The second-order valence-electron chi connectivity index (χ2n) is 4.30. The third kappa shape index (κ3) is 1.79. The molecule has 1 aliphatic heterocycles. The number of nitrogens with two attached hydrogens (primary N) is 1. The Labute approximate surface area is 98.7 Å². The Bertz CT molecular complexity index is 500. The first-order valence-electron chi connectivity index (χ1n) is 5.69. The second kappa shape index (κ2) is 4.03. The van der Waals surface area contributed by atoms with Gasteiger partial charge in [-0.05, 0) is 49.5 Å². The number of nitrogens with one attached hydrogen (secondary N) is 1. The van der Waals surface area contributed by atoms with E-state index in [4.69, 9.17) is 5.73 Å². The van der Waals surface area contributed by atoms with Crippen LogP contribution in [-0.4, -0.2) is 18.1 Å². The van der Waals surface area contributed by atoms with Crippen LogP contribution in [-0.2, 0) is 0 Å². The Morgan fingerprint density at radius 1 is 1.31 bits per heavy atom. The van der Waals surface area contributed by atoms with E-state index >= 15 is 0 Å². The van der Waals surface area contributed by atoms with E-state index in [1.807, 2.05) is 0 Å². The fraction of sp³-hybridized carbons (Fsp3) is 0.417. The number of benzene rings is 1. The number of piperidine rings is 1. The van der Waals surface area contributed by atoms with Crippen LogP contribution >= 0.6 is 11.3 Å². The fourth-order valence-corrected chi connectivity index (χ4v) is 3.15. The number of hydrogen-bond donors (Lipinski definition) is 2. The highest BCUT2D eigenvalue weighted by Crippen LogP contribution is 2.30. The zero-order chi connectivity index (χ0) is 11.0. The van der Waals surface area contributed by atoms with E-state index < -0.39 is 0 Å². The molecule has 3 nitrogen and oxygen atoms in total. The molecule has 0 bridgehead atoms. The van der Waals surface area contributed by atoms with Gasteiger partial charge in [0.2, 0.25) is 0 Å². The summed E-state index contributed by atoms with van der Waals surface area (Å²) in [5.74, 6) is 0.703. The van der Waals surface area contributed by atoms with Crippen molar-refractivity contribution in [2.75, 3.05) is 18.8 Å². The molecule has 1 fully saturated rings. The molecule has 1 saturated heterocycles. The van der Waals surface area contributed by atoms with Crippen molar-refractivity contribution in [3.8, 4) is 0 Å². The lowest BCUT2D eigenvalue weighted by Crippen LogP contribution is -2.26. The van der Waals surface area contributed by atoms with Crippen molar-refractivity contribution in [2.24, 2.45) is 0 Å². The first-order valence-corrected chi connectivity index (χ1v) is 6.51. The van der Waals surface area contributed by atoms with Gasteiger partial charge in [0.05, 0.1) is 10.2 Å². The van der Waals surface area contributed by atoms with Crippen molar-refractivity contribution >= 4 is 26.7 Å². The van der Waals surface area contributed by atoms with Gasteiger partial charge in [-0.25, -0.2) is 4.98 Å². The van der Waals surface area contributed by atoms with Crippen molar-refractivity contribution in [3.05, 3.63) is 23.8 Å². The van der Waals surface area contributed by atoms with Crippen molar-refractivity contribution in [1.29, 1.82) is 0 Å². The number of hydrogen-bond acceptors (Lipinski definition) is 4. The van der Waals surface area contributed by atoms with Gasteiger partial charge in [-0.1, -0.05) is 17.4 Å². The third-order valence-electron chi connectivity index (χ3n) is 3.24. The third-order valence-corrected chi connectivity index (χ3v) is 4.09. The van der Waals surface area contributed by atoms with E-state index in [9.17, 15) is 0 Å². The van der Waals surface area contributed by atoms with Crippen LogP contribution in [0.1, 0.15) is 24.3 Å². The molecule has 3 rings (SSSR count). The van der Waals surface area contributed by atoms with Gasteiger partial charge in [0.1, 0.15) is 0 Å². The van der Waals surface area contributed by atoms with Crippen molar-refractivity contribution in [1.82, 2.24) is 10.3 Å². The van der Waals surface area contributed by atoms with Gasteiger partial charge in [0.15, 0.2) is 5.13 Å². The number of nitrogens with zero attached hydrogens (tertiary/aromatic N) is 1. The molecule has 0 radical (unpaired) electrons. The van der Waals surface area contributed by atoms with E-state index in [-0.39, 0.29) is 0 Å². The topological polar surface area (TPSA) is 50.9 Å². The first kappa shape index (κ1) is 10.1. The quantitative estimate of drug-likeness (QED) is 0.795. The summed E-state index contributed by atoms with van der Waals surface area (Å²) in [6.07, 6.45) is 2.47. The molecule has 16 heavy (non-hydrogen) atoms. The zero-order valence-electron chi connectivity index (χ0n) is 9.07. The summed E-state index contributed by atoms with van der Waals surface area (Å²) in [5, 5.41) is 4.06. The van der Waals surface area contributed by atoms with Crippen LogP contribution in [0.5, 0.6) is 0 Å². The van der Waals surface area contributed by atoms with Crippen molar-refractivity contribution in [3.63, 3.8) is 0 Å². The molecule has 0 atom stereocenters. The van der Waals surface area contributed by atoms with Crippen LogP contribution in [0.25, 0.3) is 10.2 Å². The van der Waals surface area contributed by atoms with E-state index in [2.05, 4.69) is 28.5 Å². The van der Waals surface area contributed by atoms with Gasteiger partial charge in [0.25, 0.3) is 0 Å². The van der Waals surface area contributed by atoms with Crippen LogP contribution in [0.3, 0.4) is 0 Å². The summed E-state index contributed by atoms with van der Waals surface area (Å²) < 4.78 is 1.22. The summed E-state index contributed by atoms with van der Waals surface area (Å²) in [6, 6.07) is 6.57. The predicted molar refractivity (Wildman–Crippen MR) is 68.9 cm³/mol. The number of fused-ring (bicyclic) bond motifs is 1. The first-order chi connectivity index (χ1) is 7.83. The molecule has 0 aliphatic carbocycles. The minimum absolute atomic E-state index is 0.664. The Kier molecular flexibility index (Phi) is 2.53. The summed E-state index contributed by atoms with van der Waals surface area (Å²) in [5.41, 5.74) is 8.19.